The predicted molar refractivity (Wildman–Crippen MR) is 61.3 cm³/mol. The molecule has 0 radical (unpaired) electrons. The molecule has 0 spiro atoms. The predicted octanol–water partition coefficient (Wildman–Crippen LogP) is 2.90. The molecule has 2 aromatic rings. The summed E-state index contributed by atoms with van der Waals surface area (Å²) in [6, 6.07) is 6.61. The molecule has 0 amide bonds. The number of aliphatic hydroxyl groups is 1. The Balaban J connectivity index is 2.17. The van der Waals surface area contributed by atoms with Crippen molar-refractivity contribution in [3.05, 3.63) is 59.7 Å². The molecule has 0 aliphatic heterocycles. The molecule has 1 unspecified atom stereocenters. The quantitative estimate of drug-likeness (QED) is 0.928. The van der Waals surface area contributed by atoms with Gasteiger partial charge in [0.2, 0.25) is 0 Å². The van der Waals surface area contributed by atoms with Crippen LogP contribution in [-0.4, -0.2) is 16.7 Å². The standard InChI is InChI=1S/C13H10F3NO2/c14-10-5-9(6-17-7-10)12(18)8-1-3-11(4-2-8)19-13(15)16/h1-7,12-13,18H. The van der Waals surface area contributed by atoms with Crippen LogP contribution in [0.4, 0.5) is 13.2 Å². The number of ether oxygens (including phenoxy) is 1. The van der Waals surface area contributed by atoms with Crippen LogP contribution in [0.15, 0.2) is 42.7 Å². The van der Waals surface area contributed by atoms with Crippen LogP contribution >= 0.6 is 0 Å². The van der Waals surface area contributed by atoms with Gasteiger partial charge in [-0.3, -0.25) is 4.98 Å². The van der Waals surface area contributed by atoms with Crippen LogP contribution in [0.3, 0.4) is 0 Å². The fourth-order valence-corrected chi connectivity index (χ4v) is 1.60. The monoisotopic (exact) mass is 269 g/mol. The van der Waals surface area contributed by atoms with Gasteiger partial charge in [-0.2, -0.15) is 8.78 Å². The van der Waals surface area contributed by atoms with Gasteiger partial charge in [-0.25, -0.2) is 4.39 Å². The molecule has 3 nitrogen and oxygen atoms in total. The molecule has 1 aromatic carbocycles. The molecule has 0 saturated heterocycles. The molecule has 2 rings (SSSR count). The van der Waals surface area contributed by atoms with Gasteiger partial charge in [-0.1, -0.05) is 12.1 Å². The third-order valence-corrected chi connectivity index (χ3v) is 2.46. The van der Waals surface area contributed by atoms with Gasteiger partial charge in [-0.05, 0) is 23.8 Å². The second kappa shape index (κ2) is 5.71. The van der Waals surface area contributed by atoms with E-state index in [0.29, 0.717) is 5.56 Å². The van der Waals surface area contributed by atoms with Crippen molar-refractivity contribution in [2.75, 3.05) is 0 Å². The van der Waals surface area contributed by atoms with Crippen molar-refractivity contribution in [3.8, 4) is 5.75 Å². The topological polar surface area (TPSA) is 42.4 Å². The van der Waals surface area contributed by atoms with E-state index in [1.165, 1.54) is 30.5 Å². The number of rotatable bonds is 4. The fourth-order valence-electron chi connectivity index (χ4n) is 1.60. The number of pyridine rings is 1. The van der Waals surface area contributed by atoms with Gasteiger partial charge in [0.05, 0.1) is 6.20 Å². The molecule has 0 aliphatic carbocycles. The Labute approximate surface area is 107 Å². The molecule has 6 heteroatoms. The highest BCUT2D eigenvalue weighted by Gasteiger charge is 2.12. The van der Waals surface area contributed by atoms with E-state index in [1.54, 1.807) is 0 Å². The van der Waals surface area contributed by atoms with E-state index in [4.69, 9.17) is 0 Å². The summed E-state index contributed by atoms with van der Waals surface area (Å²) < 4.78 is 41.1. The number of aliphatic hydroxyl groups excluding tert-OH is 1. The van der Waals surface area contributed by atoms with Gasteiger partial charge in [0.25, 0.3) is 0 Å². The first-order valence-corrected chi connectivity index (χ1v) is 5.39. The van der Waals surface area contributed by atoms with Crippen LogP contribution in [-0.2, 0) is 0 Å². The molecular weight excluding hydrogens is 259 g/mol. The van der Waals surface area contributed by atoms with Crippen molar-refractivity contribution in [1.29, 1.82) is 0 Å². The van der Waals surface area contributed by atoms with Crippen LogP contribution < -0.4 is 4.74 Å². The number of hydrogen-bond acceptors (Lipinski definition) is 3. The number of aromatic nitrogens is 1. The third-order valence-electron chi connectivity index (χ3n) is 2.46. The van der Waals surface area contributed by atoms with E-state index in [2.05, 4.69) is 9.72 Å². The van der Waals surface area contributed by atoms with Crippen molar-refractivity contribution in [1.82, 2.24) is 4.98 Å². The zero-order valence-electron chi connectivity index (χ0n) is 9.63. The Morgan fingerprint density at radius 3 is 2.32 bits per heavy atom. The van der Waals surface area contributed by atoms with Gasteiger partial charge in [0.15, 0.2) is 0 Å². The average molecular weight is 269 g/mol. The number of nitrogens with zero attached hydrogens (tertiary/aromatic N) is 1. The lowest BCUT2D eigenvalue weighted by atomic mass is 10.0. The van der Waals surface area contributed by atoms with E-state index in [-0.39, 0.29) is 11.3 Å². The molecule has 0 fully saturated rings. The lowest BCUT2D eigenvalue weighted by Gasteiger charge is -2.12. The average Bonchev–Trinajstić information content (AvgIpc) is 2.38. The molecule has 1 atom stereocenters. The van der Waals surface area contributed by atoms with Crippen LogP contribution in [0, 0.1) is 5.82 Å². The van der Waals surface area contributed by atoms with E-state index in [1.807, 2.05) is 0 Å². The van der Waals surface area contributed by atoms with Gasteiger partial charge < -0.3 is 9.84 Å². The van der Waals surface area contributed by atoms with Crippen molar-refractivity contribution >= 4 is 0 Å². The highest BCUT2D eigenvalue weighted by atomic mass is 19.3. The summed E-state index contributed by atoms with van der Waals surface area (Å²) in [5, 5.41) is 9.99. The highest BCUT2D eigenvalue weighted by Crippen LogP contribution is 2.24. The smallest absolute Gasteiger partial charge is 0.387 e. The molecule has 0 saturated carbocycles. The Morgan fingerprint density at radius 2 is 1.74 bits per heavy atom. The number of halogens is 3. The maximum absolute atomic E-state index is 13.0. The summed E-state index contributed by atoms with van der Waals surface area (Å²) in [5.74, 6) is -0.572. The first-order chi connectivity index (χ1) is 9.06. The summed E-state index contributed by atoms with van der Waals surface area (Å²) in [5.41, 5.74) is 0.705. The van der Waals surface area contributed by atoms with Crippen molar-refractivity contribution in [2.24, 2.45) is 0 Å². The van der Waals surface area contributed by atoms with Crippen LogP contribution in [0.2, 0.25) is 0 Å². The van der Waals surface area contributed by atoms with Crippen molar-refractivity contribution in [2.45, 2.75) is 12.7 Å². The second-order valence-electron chi connectivity index (χ2n) is 3.79. The summed E-state index contributed by atoms with van der Waals surface area (Å²) in [6.07, 6.45) is 1.27. The molecule has 0 aliphatic rings. The second-order valence-corrected chi connectivity index (χ2v) is 3.79. The Bertz CT molecular complexity index is 546. The molecule has 100 valence electrons. The number of benzene rings is 1. The van der Waals surface area contributed by atoms with Gasteiger partial charge in [0, 0.05) is 11.8 Å². The van der Waals surface area contributed by atoms with Crippen LogP contribution in [0.1, 0.15) is 17.2 Å². The van der Waals surface area contributed by atoms with E-state index in [9.17, 15) is 18.3 Å². The van der Waals surface area contributed by atoms with E-state index in [0.717, 1.165) is 12.3 Å². The molecule has 0 bridgehead atoms. The largest absolute Gasteiger partial charge is 0.435 e. The van der Waals surface area contributed by atoms with E-state index >= 15 is 0 Å². The molecular formula is C13H10F3NO2. The minimum atomic E-state index is -2.90. The minimum Gasteiger partial charge on any atom is -0.435 e. The zero-order chi connectivity index (χ0) is 13.8. The maximum Gasteiger partial charge on any atom is 0.387 e. The van der Waals surface area contributed by atoms with Gasteiger partial charge >= 0.3 is 6.61 Å². The lowest BCUT2D eigenvalue weighted by molar-refractivity contribution is -0.0498. The minimum absolute atomic E-state index is 0.0108. The van der Waals surface area contributed by atoms with Crippen LogP contribution in [0.25, 0.3) is 0 Å². The maximum atomic E-state index is 13.0. The van der Waals surface area contributed by atoms with Crippen molar-refractivity contribution < 1.29 is 23.0 Å². The number of alkyl halides is 2. The molecule has 19 heavy (non-hydrogen) atoms. The first kappa shape index (κ1) is 13.4. The molecule has 1 heterocycles. The highest BCUT2D eigenvalue weighted by molar-refractivity contribution is 5.33. The Hall–Kier alpha value is -2.08. The zero-order valence-corrected chi connectivity index (χ0v) is 9.63. The lowest BCUT2D eigenvalue weighted by Crippen LogP contribution is -2.03. The van der Waals surface area contributed by atoms with Gasteiger partial charge in [0.1, 0.15) is 17.7 Å². The SMILES string of the molecule is OC(c1ccc(OC(F)F)cc1)c1cncc(F)c1. The first-order valence-electron chi connectivity index (χ1n) is 5.39. The fraction of sp³-hybridized carbons (Fsp3) is 0.154. The van der Waals surface area contributed by atoms with Crippen LogP contribution in [0.5, 0.6) is 5.75 Å². The molecule has 1 aromatic heterocycles. The van der Waals surface area contributed by atoms with Crippen molar-refractivity contribution in [3.63, 3.8) is 0 Å². The summed E-state index contributed by atoms with van der Waals surface area (Å²) in [6.45, 7) is -2.90. The summed E-state index contributed by atoms with van der Waals surface area (Å²) in [7, 11) is 0. The summed E-state index contributed by atoms with van der Waals surface area (Å²) in [4.78, 5) is 3.63. The summed E-state index contributed by atoms with van der Waals surface area (Å²) >= 11 is 0. The molecule has 1 N–H and O–H groups in total. The Kier molecular flexibility index (Phi) is 4.01. The third kappa shape index (κ3) is 3.45. The number of hydrogen-bond donors (Lipinski definition) is 1. The van der Waals surface area contributed by atoms with Gasteiger partial charge in [-0.15, -0.1) is 0 Å². The Morgan fingerprint density at radius 1 is 1.05 bits per heavy atom. The van der Waals surface area contributed by atoms with E-state index < -0.39 is 18.5 Å². The normalized spacial score (nSPS) is 12.5.